The highest BCUT2D eigenvalue weighted by atomic mass is 127. The lowest BCUT2D eigenvalue weighted by atomic mass is 10.2. The van der Waals surface area contributed by atoms with Crippen molar-refractivity contribution in [3.8, 4) is 5.75 Å². The summed E-state index contributed by atoms with van der Waals surface area (Å²) < 4.78 is 0.755. The molecule has 1 aromatic heterocycles. The molecule has 8 heteroatoms. The molecule has 1 heterocycles. The average molecular weight is 467 g/mol. The van der Waals surface area contributed by atoms with Gasteiger partial charge in [0, 0.05) is 23.4 Å². The molecule has 2 rings (SSSR count). The average Bonchev–Trinajstić information content (AvgIpc) is 3.00. The lowest BCUT2D eigenvalue weighted by molar-refractivity contribution is -0.670. The van der Waals surface area contributed by atoms with Crippen LogP contribution in [-0.2, 0) is 6.54 Å². The second kappa shape index (κ2) is 9.31. The Morgan fingerprint density at radius 3 is 3.00 bits per heavy atom. The van der Waals surface area contributed by atoms with E-state index in [9.17, 15) is 9.90 Å². The van der Waals surface area contributed by atoms with Gasteiger partial charge in [-0.05, 0) is 46.2 Å². The van der Waals surface area contributed by atoms with Gasteiger partial charge < -0.3 is 21.1 Å². The Morgan fingerprint density at radius 2 is 2.26 bits per heavy atom. The fourth-order valence-electron chi connectivity index (χ4n) is 1.99. The maximum atomic E-state index is 11.6. The van der Waals surface area contributed by atoms with Crippen LogP contribution in [0.3, 0.4) is 0 Å². The second-order valence-corrected chi connectivity index (χ2v) is 7.30. The summed E-state index contributed by atoms with van der Waals surface area (Å²) in [6.07, 6.45) is 0.843. The number of halogens is 2. The number of nitrogens with one attached hydrogen (secondary N) is 2. The molecule has 23 heavy (non-hydrogen) atoms. The topological polar surface area (TPSA) is 78.0 Å². The van der Waals surface area contributed by atoms with Gasteiger partial charge in [-0.1, -0.05) is 11.6 Å². The van der Waals surface area contributed by atoms with E-state index in [2.05, 4.69) is 38.5 Å². The van der Waals surface area contributed by atoms with E-state index in [1.807, 2.05) is 16.8 Å². The van der Waals surface area contributed by atoms with Crippen molar-refractivity contribution in [3.63, 3.8) is 0 Å². The van der Waals surface area contributed by atoms with Crippen LogP contribution in [0.2, 0.25) is 5.02 Å². The Bertz CT molecular complexity index is 652. The highest BCUT2D eigenvalue weighted by Crippen LogP contribution is 2.27. The van der Waals surface area contributed by atoms with Crippen LogP contribution in [0.15, 0.2) is 29.0 Å². The molecule has 124 valence electrons. The van der Waals surface area contributed by atoms with Crippen molar-refractivity contribution in [3.05, 3.63) is 43.1 Å². The molecule has 0 spiro atoms. The number of hydrogen-bond donors (Lipinski definition) is 4. The first-order valence-electron chi connectivity index (χ1n) is 7.12. The van der Waals surface area contributed by atoms with Gasteiger partial charge in [-0.25, -0.2) is 4.79 Å². The summed E-state index contributed by atoms with van der Waals surface area (Å²) in [6.45, 7) is 2.11. The molecular formula is C15H18ClIN3O2S+. The summed E-state index contributed by atoms with van der Waals surface area (Å²) in [5.41, 5.74) is 1.63. The predicted molar refractivity (Wildman–Crippen MR) is 102 cm³/mol. The SMILES string of the molecule is O=C(NCCC[NH2+]Cc1cc(Cl)cc(I)c1O)Nc1ccsc1. The normalized spacial score (nSPS) is 10.5. The number of quaternary nitrogens is 1. The zero-order valence-corrected chi connectivity index (χ0v) is 16.0. The Morgan fingerprint density at radius 1 is 1.43 bits per heavy atom. The zero-order chi connectivity index (χ0) is 16.7. The molecule has 0 aliphatic rings. The minimum Gasteiger partial charge on any atom is -0.506 e. The monoisotopic (exact) mass is 466 g/mol. The van der Waals surface area contributed by atoms with E-state index in [0.29, 0.717) is 23.9 Å². The van der Waals surface area contributed by atoms with E-state index < -0.39 is 0 Å². The number of urea groups is 1. The van der Waals surface area contributed by atoms with E-state index in [1.54, 1.807) is 12.1 Å². The van der Waals surface area contributed by atoms with Gasteiger partial charge in [-0.2, -0.15) is 11.3 Å². The van der Waals surface area contributed by atoms with Crippen molar-refractivity contribution in [2.24, 2.45) is 0 Å². The van der Waals surface area contributed by atoms with Gasteiger partial charge in [0.2, 0.25) is 0 Å². The molecule has 0 saturated carbocycles. The Hall–Kier alpha value is -1.03. The highest BCUT2D eigenvalue weighted by Gasteiger charge is 2.09. The number of thiophene rings is 1. The van der Waals surface area contributed by atoms with E-state index in [0.717, 1.165) is 27.8 Å². The molecule has 2 amide bonds. The van der Waals surface area contributed by atoms with Gasteiger partial charge >= 0.3 is 6.03 Å². The maximum Gasteiger partial charge on any atom is 0.319 e. The summed E-state index contributed by atoms with van der Waals surface area (Å²) >= 11 is 9.60. The van der Waals surface area contributed by atoms with Gasteiger partial charge in [-0.3, -0.25) is 0 Å². The largest absolute Gasteiger partial charge is 0.506 e. The Labute approximate surface area is 157 Å². The number of amides is 2. The van der Waals surface area contributed by atoms with Gasteiger partial charge in [0.05, 0.1) is 21.4 Å². The third-order valence-corrected chi connectivity index (χ3v) is 4.84. The lowest BCUT2D eigenvalue weighted by Crippen LogP contribution is -2.82. The fourth-order valence-corrected chi connectivity index (χ4v) is 3.69. The van der Waals surface area contributed by atoms with Crippen LogP contribution in [0.25, 0.3) is 0 Å². The first kappa shape index (κ1) is 18.3. The van der Waals surface area contributed by atoms with E-state index in [4.69, 9.17) is 11.6 Å². The van der Waals surface area contributed by atoms with Crippen LogP contribution in [0.5, 0.6) is 5.75 Å². The molecule has 0 aliphatic heterocycles. The Kier molecular flexibility index (Phi) is 7.41. The van der Waals surface area contributed by atoms with Gasteiger partial charge in [0.1, 0.15) is 12.3 Å². The molecule has 0 bridgehead atoms. The molecule has 1 aromatic carbocycles. The quantitative estimate of drug-likeness (QED) is 0.374. The number of benzene rings is 1. The smallest absolute Gasteiger partial charge is 0.319 e. The minimum absolute atomic E-state index is 0.189. The Balaban J connectivity index is 1.62. The van der Waals surface area contributed by atoms with Crippen LogP contribution in [0, 0.1) is 3.57 Å². The van der Waals surface area contributed by atoms with E-state index in [-0.39, 0.29) is 6.03 Å². The van der Waals surface area contributed by atoms with Crippen LogP contribution in [-0.4, -0.2) is 24.2 Å². The highest BCUT2D eigenvalue weighted by molar-refractivity contribution is 14.1. The number of phenolic OH excluding ortho intramolecular Hbond substituents is 1. The number of rotatable bonds is 7. The zero-order valence-electron chi connectivity index (χ0n) is 12.3. The first-order valence-corrected chi connectivity index (χ1v) is 9.52. The predicted octanol–water partition coefficient (Wildman–Crippen LogP) is 2.99. The summed E-state index contributed by atoms with van der Waals surface area (Å²) in [6, 6.07) is 5.18. The molecule has 0 saturated heterocycles. The molecule has 2 aromatic rings. The molecule has 5 nitrogen and oxygen atoms in total. The number of aromatic hydroxyl groups is 1. The van der Waals surface area contributed by atoms with E-state index in [1.165, 1.54) is 11.3 Å². The van der Waals surface area contributed by atoms with Gasteiger partial charge in [-0.15, -0.1) is 0 Å². The molecule has 0 unspecified atom stereocenters. The number of carbonyl (C=O) groups excluding carboxylic acids is 1. The summed E-state index contributed by atoms with van der Waals surface area (Å²) in [4.78, 5) is 11.6. The van der Waals surface area contributed by atoms with Crippen molar-refractivity contribution in [1.29, 1.82) is 0 Å². The van der Waals surface area contributed by atoms with E-state index >= 15 is 0 Å². The van der Waals surface area contributed by atoms with Crippen LogP contribution >= 0.6 is 45.5 Å². The summed E-state index contributed by atoms with van der Waals surface area (Å²) in [5, 5.41) is 22.0. The summed E-state index contributed by atoms with van der Waals surface area (Å²) in [7, 11) is 0. The molecule has 5 N–H and O–H groups in total. The standard InChI is InChI=1S/C15H17ClIN3O2S/c16-11-6-10(14(21)13(17)7-11)8-18-3-1-4-19-15(22)20-12-2-5-23-9-12/h2,5-7,9,18,21H,1,3-4,8H2,(H2,19,20,22)/p+1. The van der Waals surface area contributed by atoms with Gasteiger partial charge in [0.25, 0.3) is 0 Å². The minimum atomic E-state index is -0.189. The number of nitrogens with two attached hydrogens (primary N) is 1. The number of hydrogen-bond acceptors (Lipinski definition) is 3. The van der Waals surface area contributed by atoms with Crippen molar-refractivity contribution in [1.82, 2.24) is 5.32 Å². The van der Waals surface area contributed by atoms with Crippen molar-refractivity contribution in [2.45, 2.75) is 13.0 Å². The third kappa shape index (κ3) is 6.17. The van der Waals surface area contributed by atoms with Gasteiger partial charge in [0.15, 0.2) is 0 Å². The number of carbonyl (C=O) groups is 1. The molecule has 0 radical (unpaired) electrons. The van der Waals surface area contributed by atoms with Crippen molar-refractivity contribution in [2.75, 3.05) is 18.4 Å². The number of phenols is 1. The van der Waals surface area contributed by atoms with Crippen LogP contribution < -0.4 is 16.0 Å². The molecule has 0 fully saturated rings. The van der Waals surface area contributed by atoms with Crippen molar-refractivity contribution >= 4 is 57.2 Å². The molecule has 0 aliphatic carbocycles. The first-order chi connectivity index (χ1) is 11.1. The van der Waals surface area contributed by atoms with Crippen LogP contribution in [0.4, 0.5) is 10.5 Å². The number of anilines is 1. The summed E-state index contributed by atoms with van der Waals surface area (Å²) in [5.74, 6) is 0.291. The van der Waals surface area contributed by atoms with Crippen LogP contribution in [0.1, 0.15) is 12.0 Å². The molecule has 0 atom stereocenters. The van der Waals surface area contributed by atoms with Crippen molar-refractivity contribution < 1.29 is 15.2 Å². The fraction of sp³-hybridized carbons (Fsp3) is 0.267. The maximum absolute atomic E-state index is 11.6. The third-order valence-electron chi connectivity index (χ3n) is 3.12. The molecular weight excluding hydrogens is 449 g/mol. The second-order valence-electron chi connectivity index (χ2n) is 4.92. The lowest BCUT2D eigenvalue weighted by Gasteiger charge is -2.08.